The number of aromatic nitrogens is 3. The number of fused-ring (bicyclic) bond motifs is 1. The van der Waals surface area contributed by atoms with Gasteiger partial charge in [0.1, 0.15) is 5.82 Å². The highest BCUT2D eigenvalue weighted by molar-refractivity contribution is 7.99. The number of thioether (sulfide) groups is 1. The van der Waals surface area contributed by atoms with Crippen molar-refractivity contribution >= 4 is 28.9 Å². The summed E-state index contributed by atoms with van der Waals surface area (Å²) in [4.78, 5) is 22.8. The van der Waals surface area contributed by atoms with E-state index in [0.717, 1.165) is 12.2 Å². The Morgan fingerprint density at radius 2 is 2.26 bits per heavy atom. The molecule has 1 saturated heterocycles. The third-order valence-electron chi connectivity index (χ3n) is 3.49. The summed E-state index contributed by atoms with van der Waals surface area (Å²) in [7, 11) is 0. The van der Waals surface area contributed by atoms with Crippen LogP contribution in [0.15, 0.2) is 12.3 Å². The van der Waals surface area contributed by atoms with Crippen molar-refractivity contribution in [2.24, 2.45) is 5.92 Å². The largest absolute Gasteiger partial charge is 0.478 e. The number of hydrogen-bond acceptors (Lipinski definition) is 4. The predicted molar refractivity (Wildman–Crippen MR) is 74.6 cm³/mol. The van der Waals surface area contributed by atoms with Crippen LogP contribution in [0.5, 0.6) is 0 Å². The third kappa shape index (κ3) is 2.58. The molecule has 0 spiro atoms. The van der Waals surface area contributed by atoms with Gasteiger partial charge in [0.05, 0.1) is 11.1 Å². The Balaban J connectivity index is 1.88. The first kappa shape index (κ1) is 12.5. The van der Waals surface area contributed by atoms with Crippen molar-refractivity contribution in [2.45, 2.75) is 19.3 Å². The molecule has 3 heterocycles. The number of aromatic carboxylic acids is 1. The Labute approximate surface area is 114 Å². The minimum Gasteiger partial charge on any atom is -0.478 e. The van der Waals surface area contributed by atoms with E-state index >= 15 is 0 Å². The van der Waals surface area contributed by atoms with Gasteiger partial charge in [0.15, 0.2) is 5.65 Å². The molecule has 1 aliphatic rings. The number of carboxylic acids is 1. The second-order valence-electron chi connectivity index (χ2n) is 4.81. The molecule has 0 unspecified atom stereocenters. The van der Waals surface area contributed by atoms with Crippen LogP contribution in [0, 0.1) is 5.92 Å². The second kappa shape index (κ2) is 5.21. The van der Waals surface area contributed by atoms with Crippen molar-refractivity contribution in [1.82, 2.24) is 15.0 Å². The average Bonchev–Trinajstić information content (AvgIpc) is 2.81. The first-order valence-electron chi connectivity index (χ1n) is 6.38. The summed E-state index contributed by atoms with van der Waals surface area (Å²) < 4.78 is 0. The minimum absolute atomic E-state index is 0.239. The molecule has 2 aromatic rings. The normalized spacial score (nSPS) is 16.8. The van der Waals surface area contributed by atoms with E-state index < -0.39 is 5.97 Å². The molecule has 0 saturated carbocycles. The van der Waals surface area contributed by atoms with Gasteiger partial charge in [-0.15, -0.1) is 0 Å². The number of nitrogens with one attached hydrogen (secondary N) is 1. The Kier molecular flexibility index (Phi) is 3.42. The fraction of sp³-hybridized carbons (Fsp3) is 0.462. The van der Waals surface area contributed by atoms with E-state index in [9.17, 15) is 4.79 Å². The fourth-order valence-corrected chi connectivity index (χ4v) is 3.66. The lowest BCUT2D eigenvalue weighted by atomic mass is 9.99. The topological polar surface area (TPSA) is 78.9 Å². The predicted octanol–water partition coefficient (Wildman–Crippen LogP) is 2.34. The van der Waals surface area contributed by atoms with Crippen LogP contribution in [0.25, 0.3) is 11.2 Å². The quantitative estimate of drug-likeness (QED) is 0.900. The van der Waals surface area contributed by atoms with Crippen molar-refractivity contribution < 1.29 is 9.90 Å². The maximum atomic E-state index is 11.1. The summed E-state index contributed by atoms with van der Waals surface area (Å²) >= 11 is 2.00. The number of nitrogens with zero attached hydrogens (tertiary/aromatic N) is 2. The molecular weight excluding hydrogens is 262 g/mol. The zero-order valence-corrected chi connectivity index (χ0v) is 11.2. The maximum Gasteiger partial charge on any atom is 0.338 e. The second-order valence-corrected chi connectivity index (χ2v) is 6.03. The van der Waals surface area contributed by atoms with Crippen LogP contribution in [-0.2, 0) is 6.42 Å². The first-order valence-corrected chi connectivity index (χ1v) is 7.54. The van der Waals surface area contributed by atoms with Crippen molar-refractivity contribution in [3.63, 3.8) is 0 Å². The van der Waals surface area contributed by atoms with Gasteiger partial charge in [-0.05, 0) is 36.3 Å². The molecule has 1 aliphatic heterocycles. The molecule has 2 N–H and O–H groups in total. The molecule has 3 rings (SSSR count). The van der Waals surface area contributed by atoms with Gasteiger partial charge >= 0.3 is 5.97 Å². The van der Waals surface area contributed by atoms with Gasteiger partial charge in [0.25, 0.3) is 0 Å². The summed E-state index contributed by atoms with van der Waals surface area (Å²) in [6, 6.07) is 1.50. The van der Waals surface area contributed by atoms with Crippen LogP contribution in [-0.4, -0.2) is 37.5 Å². The van der Waals surface area contributed by atoms with Gasteiger partial charge in [-0.3, -0.25) is 0 Å². The SMILES string of the molecule is O=C(O)c1ccnc2nc(CC3CCSCC3)[nH]c12. The summed E-state index contributed by atoms with van der Waals surface area (Å²) in [5, 5.41) is 9.14. The van der Waals surface area contributed by atoms with E-state index in [2.05, 4.69) is 15.0 Å². The van der Waals surface area contributed by atoms with Crippen molar-refractivity contribution in [3.05, 3.63) is 23.7 Å². The highest BCUT2D eigenvalue weighted by Gasteiger charge is 2.18. The highest BCUT2D eigenvalue weighted by atomic mass is 32.2. The van der Waals surface area contributed by atoms with Gasteiger partial charge in [0, 0.05) is 12.6 Å². The summed E-state index contributed by atoms with van der Waals surface area (Å²) in [6.45, 7) is 0. The molecule has 0 radical (unpaired) electrons. The Bertz CT molecular complexity index is 605. The molecule has 6 heteroatoms. The van der Waals surface area contributed by atoms with Crippen LogP contribution < -0.4 is 0 Å². The molecular formula is C13H15N3O2S. The number of aromatic amines is 1. The zero-order valence-electron chi connectivity index (χ0n) is 10.4. The molecule has 5 nitrogen and oxygen atoms in total. The summed E-state index contributed by atoms with van der Waals surface area (Å²) in [6.07, 6.45) is 4.80. The standard InChI is InChI=1S/C13H15N3O2S/c17-13(18)9-1-4-14-12-11(9)15-10(16-12)7-8-2-5-19-6-3-8/h1,4,8H,2-3,5-7H2,(H,17,18)(H,14,15,16). The molecule has 100 valence electrons. The molecule has 0 aromatic carbocycles. The summed E-state index contributed by atoms with van der Waals surface area (Å²) in [5.41, 5.74) is 1.28. The monoisotopic (exact) mass is 277 g/mol. The van der Waals surface area contributed by atoms with Crippen LogP contribution in [0.4, 0.5) is 0 Å². The number of carboxylic acid groups (broad SMARTS) is 1. The Morgan fingerprint density at radius 1 is 1.47 bits per heavy atom. The fourth-order valence-electron chi connectivity index (χ4n) is 2.46. The molecule has 0 aliphatic carbocycles. The summed E-state index contributed by atoms with van der Waals surface area (Å²) in [5.74, 6) is 2.98. The number of pyridine rings is 1. The molecule has 0 bridgehead atoms. The van der Waals surface area contributed by atoms with Gasteiger partial charge < -0.3 is 10.1 Å². The van der Waals surface area contributed by atoms with Crippen molar-refractivity contribution in [1.29, 1.82) is 0 Å². The van der Waals surface area contributed by atoms with Crippen molar-refractivity contribution in [3.8, 4) is 0 Å². The van der Waals surface area contributed by atoms with E-state index in [-0.39, 0.29) is 5.56 Å². The van der Waals surface area contributed by atoms with Gasteiger partial charge in [0.2, 0.25) is 0 Å². The number of carbonyl (C=O) groups is 1. The van der Waals surface area contributed by atoms with Crippen LogP contribution in [0.2, 0.25) is 0 Å². The Hall–Kier alpha value is -1.56. The van der Waals surface area contributed by atoms with Crippen LogP contribution >= 0.6 is 11.8 Å². The first-order chi connectivity index (χ1) is 9.24. The molecule has 2 aromatic heterocycles. The number of imidazole rings is 1. The van der Waals surface area contributed by atoms with Crippen LogP contribution in [0.3, 0.4) is 0 Å². The highest BCUT2D eigenvalue weighted by Crippen LogP contribution is 2.26. The van der Waals surface area contributed by atoms with Crippen molar-refractivity contribution in [2.75, 3.05) is 11.5 Å². The third-order valence-corrected chi connectivity index (χ3v) is 4.54. The minimum atomic E-state index is -0.948. The van der Waals surface area contributed by atoms with Gasteiger partial charge in [-0.1, -0.05) is 0 Å². The molecule has 0 atom stereocenters. The van der Waals surface area contributed by atoms with E-state index in [1.807, 2.05) is 11.8 Å². The smallest absolute Gasteiger partial charge is 0.338 e. The molecule has 0 amide bonds. The van der Waals surface area contributed by atoms with Crippen LogP contribution in [0.1, 0.15) is 29.0 Å². The molecule has 1 fully saturated rings. The van der Waals surface area contributed by atoms with E-state index in [0.29, 0.717) is 17.1 Å². The maximum absolute atomic E-state index is 11.1. The number of H-pyrrole nitrogens is 1. The molecule has 19 heavy (non-hydrogen) atoms. The Morgan fingerprint density at radius 3 is 3.00 bits per heavy atom. The van der Waals surface area contributed by atoms with E-state index in [1.165, 1.54) is 36.6 Å². The lowest BCUT2D eigenvalue weighted by molar-refractivity contribution is 0.0698. The number of hydrogen-bond donors (Lipinski definition) is 2. The van der Waals surface area contributed by atoms with E-state index in [4.69, 9.17) is 5.11 Å². The number of rotatable bonds is 3. The lowest BCUT2D eigenvalue weighted by Gasteiger charge is -2.19. The van der Waals surface area contributed by atoms with E-state index in [1.54, 1.807) is 0 Å². The van der Waals surface area contributed by atoms with Gasteiger partial charge in [-0.25, -0.2) is 14.8 Å². The lowest BCUT2D eigenvalue weighted by Crippen LogP contribution is -2.12. The average molecular weight is 277 g/mol. The zero-order chi connectivity index (χ0) is 13.2. The van der Waals surface area contributed by atoms with Gasteiger partial charge in [-0.2, -0.15) is 11.8 Å².